The van der Waals surface area contributed by atoms with Gasteiger partial charge in [0.15, 0.2) is 0 Å². The van der Waals surface area contributed by atoms with Crippen molar-refractivity contribution >= 4 is 0 Å². The molecule has 0 aromatic carbocycles. The van der Waals surface area contributed by atoms with Gasteiger partial charge in [0.1, 0.15) is 0 Å². The van der Waals surface area contributed by atoms with Gasteiger partial charge in [-0.05, 0) is 25.8 Å². The van der Waals surface area contributed by atoms with Crippen LogP contribution in [-0.4, -0.2) is 6.61 Å². The van der Waals surface area contributed by atoms with E-state index in [4.69, 9.17) is 4.74 Å². The number of rotatable bonds is 3. The van der Waals surface area contributed by atoms with Gasteiger partial charge in [-0.2, -0.15) is 0 Å². The molecule has 48 valence electrons. The third-order valence-electron chi connectivity index (χ3n) is 1.01. The highest BCUT2D eigenvalue weighted by Gasteiger charge is 1.79. The van der Waals surface area contributed by atoms with E-state index >= 15 is 0 Å². The summed E-state index contributed by atoms with van der Waals surface area (Å²) >= 11 is 0. The van der Waals surface area contributed by atoms with E-state index in [2.05, 4.69) is 13.8 Å². The van der Waals surface area contributed by atoms with Gasteiger partial charge in [-0.1, -0.05) is 6.92 Å². The fourth-order valence-corrected chi connectivity index (χ4v) is 0.309. The maximum atomic E-state index is 5.02. The molecule has 0 spiro atoms. The zero-order chi connectivity index (χ0) is 6.41. The summed E-state index contributed by atoms with van der Waals surface area (Å²) in [5.41, 5.74) is 1.30. The molecule has 0 radical (unpaired) electrons. The Morgan fingerprint density at radius 2 is 2.12 bits per heavy atom. The summed E-state index contributed by atoms with van der Waals surface area (Å²) in [6, 6.07) is 0. The Morgan fingerprint density at radius 3 is 2.50 bits per heavy atom. The average Bonchev–Trinajstić information content (AvgIpc) is 1.83. The second-order valence-corrected chi connectivity index (χ2v) is 1.77. The standard InChI is InChI=1S/C7H14O/c1-4-7(3)6-8-5-2/h6H,4-5H2,1-3H3/b7-6-. The van der Waals surface area contributed by atoms with Crippen LogP contribution in [0.25, 0.3) is 0 Å². The Bertz CT molecular complexity index is 74.5. The van der Waals surface area contributed by atoms with E-state index < -0.39 is 0 Å². The van der Waals surface area contributed by atoms with Crippen LogP contribution in [0.15, 0.2) is 11.8 Å². The van der Waals surface area contributed by atoms with Crippen LogP contribution in [-0.2, 0) is 4.74 Å². The average molecular weight is 114 g/mol. The van der Waals surface area contributed by atoms with Crippen LogP contribution in [0, 0.1) is 0 Å². The van der Waals surface area contributed by atoms with Crippen molar-refractivity contribution in [1.29, 1.82) is 0 Å². The number of allylic oxidation sites excluding steroid dienone is 1. The Balaban J connectivity index is 3.26. The summed E-state index contributed by atoms with van der Waals surface area (Å²) in [6.07, 6.45) is 2.90. The van der Waals surface area contributed by atoms with E-state index in [1.165, 1.54) is 5.57 Å². The largest absolute Gasteiger partial charge is 0.502 e. The molecule has 0 bridgehead atoms. The van der Waals surface area contributed by atoms with Crippen LogP contribution in [0.4, 0.5) is 0 Å². The molecule has 0 saturated carbocycles. The second kappa shape index (κ2) is 4.69. The molecule has 0 aromatic rings. The van der Waals surface area contributed by atoms with Gasteiger partial charge in [-0.3, -0.25) is 0 Å². The molecule has 1 heteroatoms. The molecule has 1 nitrogen and oxygen atoms in total. The van der Waals surface area contributed by atoms with Crippen molar-refractivity contribution in [3.8, 4) is 0 Å². The first-order valence-corrected chi connectivity index (χ1v) is 3.08. The van der Waals surface area contributed by atoms with E-state index in [-0.39, 0.29) is 0 Å². The first-order chi connectivity index (χ1) is 3.81. The van der Waals surface area contributed by atoms with Crippen molar-refractivity contribution in [2.75, 3.05) is 6.61 Å². The molecule has 0 aliphatic rings. The van der Waals surface area contributed by atoms with Crippen molar-refractivity contribution in [2.24, 2.45) is 0 Å². The Hall–Kier alpha value is -0.460. The zero-order valence-corrected chi connectivity index (χ0v) is 5.90. The highest BCUT2D eigenvalue weighted by molar-refractivity contribution is 4.90. The molecular formula is C7H14O. The summed E-state index contributed by atoms with van der Waals surface area (Å²) in [5, 5.41) is 0. The van der Waals surface area contributed by atoms with E-state index in [1.54, 1.807) is 0 Å². The summed E-state index contributed by atoms with van der Waals surface area (Å²) in [6.45, 7) is 6.94. The van der Waals surface area contributed by atoms with E-state index in [0.29, 0.717) is 0 Å². The molecule has 0 atom stereocenters. The quantitative estimate of drug-likeness (QED) is 0.512. The summed E-state index contributed by atoms with van der Waals surface area (Å²) in [4.78, 5) is 0. The minimum atomic E-state index is 0.775. The molecule has 0 unspecified atom stereocenters. The van der Waals surface area contributed by atoms with Crippen LogP contribution >= 0.6 is 0 Å². The molecule has 0 saturated heterocycles. The Kier molecular flexibility index (Phi) is 4.42. The van der Waals surface area contributed by atoms with Gasteiger partial charge < -0.3 is 4.74 Å². The minimum absolute atomic E-state index is 0.775. The minimum Gasteiger partial charge on any atom is -0.502 e. The van der Waals surface area contributed by atoms with E-state index in [0.717, 1.165) is 13.0 Å². The molecule has 0 aliphatic heterocycles. The lowest BCUT2D eigenvalue weighted by Gasteiger charge is -1.95. The summed E-state index contributed by atoms with van der Waals surface area (Å²) in [5.74, 6) is 0. The normalized spacial score (nSPS) is 11.6. The van der Waals surface area contributed by atoms with Crippen LogP contribution in [0.3, 0.4) is 0 Å². The zero-order valence-electron chi connectivity index (χ0n) is 5.90. The molecule has 0 aromatic heterocycles. The molecule has 0 fully saturated rings. The van der Waals surface area contributed by atoms with Gasteiger partial charge in [0.2, 0.25) is 0 Å². The third kappa shape index (κ3) is 3.72. The molecule has 0 aliphatic carbocycles. The molecule has 0 amide bonds. The SMILES string of the molecule is CCO/C=C(/C)CC. The van der Waals surface area contributed by atoms with Crippen molar-refractivity contribution in [2.45, 2.75) is 27.2 Å². The number of ether oxygens (including phenoxy) is 1. The Morgan fingerprint density at radius 1 is 1.50 bits per heavy atom. The molecule has 0 heterocycles. The molecule has 0 N–H and O–H groups in total. The summed E-state index contributed by atoms with van der Waals surface area (Å²) in [7, 11) is 0. The maximum absolute atomic E-state index is 5.02. The van der Waals surface area contributed by atoms with Crippen LogP contribution in [0.2, 0.25) is 0 Å². The highest BCUT2D eigenvalue weighted by Crippen LogP contribution is 1.96. The van der Waals surface area contributed by atoms with Crippen molar-refractivity contribution < 1.29 is 4.74 Å². The third-order valence-corrected chi connectivity index (χ3v) is 1.01. The van der Waals surface area contributed by atoms with Gasteiger partial charge in [-0.25, -0.2) is 0 Å². The predicted molar refractivity (Wildman–Crippen MR) is 35.7 cm³/mol. The van der Waals surface area contributed by atoms with Gasteiger partial charge in [0.25, 0.3) is 0 Å². The first-order valence-electron chi connectivity index (χ1n) is 3.08. The van der Waals surface area contributed by atoms with E-state index in [9.17, 15) is 0 Å². The Labute approximate surface area is 51.4 Å². The second-order valence-electron chi connectivity index (χ2n) is 1.77. The monoisotopic (exact) mass is 114 g/mol. The fraction of sp³-hybridized carbons (Fsp3) is 0.714. The van der Waals surface area contributed by atoms with Gasteiger partial charge >= 0.3 is 0 Å². The van der Waals surface area contributed by atoms with Crippen molar-refractivity contribution in [1.82, 2.24) is 0 Å². The van der Waals surface area contributed by atoms with Gasteiger partial charge in [-0.15, -0.1) is 0 Å². The van der Waals surface area contributed by atoms with E-state index in [1.807, 2.05) is 13.2 Å². The summed E-state index contributed by atoms with van der Waals surface area (Å²) < 4.78 is 5.02. The van der Waals surface area contributed by atoms with Crippen LogP contribution in [0.5, 0.6) is 0 Å². The topological polar surface area (TPSA) is 9.23 Å². The molecule has 0 rings (SSSR count). The highest BCUT2D eigenvalue weighted by atomic mass is 16.5. The maximum Gasteiger partial charge on any atom is 0.0845 e. The lowest BCUT2D eigenvalue weighted by atomic mass is 10.3. The first kappa shape index (κ1) is 7.54. The number of hydrogen-bond acceptors (Lipinski definition) is 1. The van der Waals surface area contributed by atoms with Crippen molar-refractivity contribution in [3.63, 3.8) is 0 Å². The van der Waals surface area contributed by atoms with Crippen molar-refractivity contribution in [3.05, 3.63) is 11.8 Å². The fourth-order valence-electron chi connectivity index (χ4n) is 0.309. The predicted octanol–water partition coefficient (Wildman–Crippen LogP) is 2.34. The molecule has 8 heavy (non-hydrogen) atoms. The molecular weight excluding hydrogens is 100 g/mol. The lowest BCUT2D eigenvalue weighted by Crippen LogP contribution is -1.79. The van der Waals surface area contributed by atoms with Crippen LogP contribution in [0.1, 0.15) is 27.2 Å². The van der Waals surface area contributed by atoms with Crippen LogP contribution < -0.4 is 0 Å². The number of hydrogen-bond donors (Lipinski definition) is 0. The smallest absolute Gasteiger partial charge is 0.0845 e. The lowest BCUT2D eigenvalue weighted by molar-refractivity contribution is 0.265. The van der Waals surface area contributed by atoms with Gasteiger partial charge in [0.05, 0.1) is 12.9 Å². The van der Waals surface area contributed by atoms with Gasteiger partial charge in [0, 0.05) is 0 Å².